The fourth-order valence-electron chi connectivity index (χ4n) is 2.07. The number of ether oxygens (including phenoxy) is 1. The molecule has 0 amide bonds. The standard InChI is InChI=1S/C15H17BrFNO2/c1-3-18-15(12-6-4-10(17)8-13(12)16)14-7-5-11(20-14)9-19-2/h4-8,15,18H,3,9H2,1-2H3. The lowest BCUT2D eigenvalue weighted by Crippen LogP contribution is -2.22. The maximum atomic E-state index is 13.2. The summed E-state index contributed by atoms with van der Waals surface area (Å²) < 4.78 is 24.8. The average molecular weight is 342 g/mol. The maximum absolute atomic E-state index is 13.2. The largest absolute Gasteiger partial charge is 0.462 e. The number of rotatable bonds is 6. The highest BCUT2D eigenvalue weighted by molar-refractivity contribution is 9.10. The van der Waals surface area contributed by atoms with Crippen LogP contribution in [0, 0.1) is 5.82 Å². The maximum Gasteiger partial charge on any atom is 0.129 e. The van der Waals surface area contributed by atoms with Crippen LogP contribution in [0.3, 0.4) is 0 Å². The Morgan fingerprint density at radius 3 is 2.80 bits per heavy atom. The Kier molecular flexibility index (Phi) is 5.34. The SMILES string of the molecule is CCNC(c1ccc(COC)o1)c1ccc(F)cc1Br. The molecule has 1 atom stereocenters. The fourth-order valence-corrected chi connectivity index (χ4v) is 2.65. The minimum absolute atomic E-state index is 0.124. The number of halogens is 2. The molecule has 0 radical (unpaired) electrons. The summed E-state index contributed by atoms with van der Waals surface area (Å²) >= 11 is 3.41. The molecule has 3 nitrogen and oxygen atoms in total. The van der Waals surface area contributed by atoms with E-state index in [-0.39, 0.29) is 11.9 Å². The summed E-state index contributed by atoms with van der Waals surface area (Å²) in [6, 6.07) is 8.34. The zero-order valence-corrected chi connectivity index (χ0v) is 13.0. The molecule has 20 heavy (non-hydrogen) atoms. The van der Waals surface area contributed by atoms with Gasteiger partial charge in [0.05, 0.1) is 6.04 Å². The minimum Gasteiger partial charge on any atom is -0.462 e. The molecular weight excluding hydrogens is 325 g/mol. The van der Waals surface area contributed by atoms with Crippen LogP contribution in [0.5, 0.6) is 0 Å². The topological polar surface area (TPSA) is 34.4 Å². The predicted molar refractivity (Wildman–Crippen MR) is 79.0 cm³/mol. The van der Waals surface area contributed by atoms with E-state index >= 15 is 0 Å². The third-order valence-corrected chi connectivity index (χ3v) is 3.62. The molecule has 0 saturated heterocycles. The Morgan fingerprint density at radius 1 is 1.35 bits per heavy atom. The highest BCUT2D eigenvalue weighted by atomic mass is 79.9. The highest BCUT2D eigenvalue weighted by Crippen LogP contribution is 2.30. The molecule has 0 fully saturated rings. The van der Waals surface area contributed by atoms with Crippen LogP contribution in [-0.2, 0) is 11.3 Å². The predicted octanol–water partition coefficient (Wildman–Crippen LogP) is 4.03. The second kappa shape index (κ2) is 7.02. The summed E-state index contributed by atoms with van der Waals surface area (Å²) in [6.45, 7) is 3.22. The fraction of sp³-hybridized carbons (Fsp3) is 0.333. The van der Waals surface area contributed by atoms with Crippen molar-refractivity contribution in [3.05, 3.63) is 57.7 Å². The summed E-state index contributed by atoms with van der Waals surface area (Å²) in [7, 11) is 1.63. The van der Waals surface area contributed by atoms with Crippen molar-refractivity contribution in [2.24, 2.45) is 0 Å². The van der Waals surface area contributed by atoms with E-state index in [0.717, 1.165) is 23.6 Å². The van der Waals surface area contributed by atoms with Gasteiger partial charge in [0.2, 0.25) is 0 Å². The summed E-state index contributed by atoms with van der Waals surface area (Å²) in [5.41, 5.74) is 0.937. The Bertz CT molecular complexity index is 571. The second-order valence-electron chi connectivity index (χ2n) is 4.39. The van der Waals surface area contributed by atoms with Gasteiger partial charge in [0, 0.05) is 11.6 Å². The van der Waals surface area contributed by atoms with E-state index in [1.54, 1.807) is 13.2 Å². The molecule has 1 aromatic carbocycles. The molecule has 2 aromatic rings. The molecule has 0 spiro atoms. The Labute approximate surface area is 126 Å². The molecule has 0 aliphatic carbocycles. The number of nitrogens with one attached hydrogen (secondary N) is 1. The van der Waals surface area contributed by atoms with Gasteiger partial charge in [-0.15, -0.1) is 0 Å². The van der Waals surface area contributed by atoms with Gasteiger partial charge < -0.3 is 14.5 Å². The van der Waals surface area contributed by atoms with Gasteiger partial charge in [-0.3, -0.25) is 0 Å². The molecule has 1 unspecified atom stereocenters. The van der Waals surface area contributed by atoms with E-state index in [9.17, 15) is 4.39 Å². The smallest absolute Gasteiger partial charge is 0.129 e. The van der Waals surface area contributed by atoms with Gasteiger partial charge in [-0.25, -0.2) is 4.39 Å². The van der Waals surface area contributed by atoms with Crippen molar-refractivity contribution in [2.75, 3.05) is 13.7 Å². The van der Waals surface area contributed by atoms with E-state index in [0.29, 0.717) is 11.1 Å². The quantitative estimate of drug-likeness (QED) is 0.861. The molecule has 5 heteroatoms. The molecule has 108 valence electrons. The summed E-state index contributed by atoms with van der Waals surface area (Å²) in [5, 5.41) is 3.34. The number of methoxy groups -OCH3 is 1. The van der Waals surface area contributed by atoms with Gasteiger partial charge in [0.25, 0.3) is 0 Å². The molecule has 1 N–H and O–H groups in total. The van der Waals surface area contributed by atoms with Crippen molar-refractivity contribution in [3.63, 3.8) is 0 Å². The summed E-state index contributed by atoms with van der Waals surface area (Å²) in [4.78, 5) is 0. The van der Waals surface area contributed by atoms with Crippen molar-refractivity contribution in [3.8, 4) is 0 Å². The monoisotopic (exact) mass is 341 g/mol. The lowest BCUT2D eigenvalue weighted by Gasteiger charge is -2.17. The number of hydrogen-bond acceptors (Lipinski definition) is 3. The zero-order chi connectivity index (χ0) is 14.5. The van der Waals surface area contributed by atoms with E-state index in [1.165, 1.54) is 12.1 Å². The van der Waals surface area contributed by atoms with Crippen LogP contribution >= 0.6 is 15.9 Å². The first kappa shape index (κ1) is 15.2. The molecular formula is C15H17BrFNO2. The third kappa shape index (κ3) is 3.48. The Morgan fingerprint density at radius 2 is 2.15 bits per heavy atom. The van der Waals surface area contributed by atoms with Crippen LogP contribution in [0.25, 0.3) is 0 Å². The van der Waals surface area contributed by atoms with Gasteiger partial charge in [-0.1, -0.05) is 28.9 Å². The van der Waals surface area contributed by atoms with Crippen molar-refractivity contribution >= 4 is 15.9 Å². The van der Waals surface area contributed by atoms with Gasteiger partial charge >= 0.3 is 0 Å². The van der Waals surface area contributed by atoms with Crippen LogP contribution in [0.4, 0.5) is 4.39 Å². The second-order valence-corrected chi connectivity index (χ2v) is 5.25. The van der Waals surface area contributed by atoms with Crippen molar-refractivity contribution in [2.45, 2.75) is 19.6 Å². The van der Waals surface area contributed by atoms with Crippen LogP contribution in [-0.4, -0.2) is 13.7 Å². The van der Waals surface area contributed by atoms with Crippen molar-refractivity contribution in [1.29, 1.82) is 0 Å². The van der Waals surface area contributed by atoms with Gasteiger partial charge in [0.1, 0.15) is 23.9 Å². The lowest BCUT2D eigenvalue weighted by atomic mass is 10.0. The van der Waals surface area contributed by atoms with Gasteiger partial charge in [-0.2, -0.15) is 0 Å². The van der Waals surface area contributed by atoms with Gasteiger partial charge in [-0.05, 0) is 36.4 Å². The molecule has 0 aliphatic heterocycles. The molecule has 0 aliphatic rings. The normalized spacial score (nSPS) is 12.6. The lowest BCUT2D eigenvalue weighted by molar-refractivity contribution is 0.162. The Balaban J connectivity index is 2.34. The molecule has 2 rings (SSSR count). The zero-order valence-electron chi connectivity index (χ0n) is 11.5. The highest BCUT2D eigenvalue weighted by Gasteiger charge is 2.19. The Hall–Kier alpha value is -1.17. The van der Waals surface area contributed by atoms with Crippen LogP contribution in [0.1, 0.15) is 30.0 Å². The van der Waals surface area contributed by atoms with E-state index in [2.05, 4.69) is 21.2 Å². The van der Waals surface area contributed by atoms with Crippen LogP contribution in [0.15, 0.2) is 39.2 Å². The first-order valence-corrected chi connectivity index (χ1v) is 7.21. The molecule has 1 aromatic heterocycles. The summed E-state index contributed by atoms with van der Waals surface area (Å²) in [5.74, 6) is 1.28. The van der Waals surface area contributed by atoms with Crippen LogP contribution in [0.2, 0.25) is 0 Å². The van der Waals surface area contributed by atoms with E-state index < -0.39 is 0 Å². The van der Waals surface area contributed by atoms with Gasteiger partial charge in [0.15, 0.2) is 0 Å². The number of benzene rings is 1. The van der Waals surface area contributed by atoms with Crippen molar-refractivity contribution in [1.82, 2.24) is 5.32 Å². The number of furan rings is 1. The van der Waals surface area contributed by atoms with E-state index in [1.807, 2.05) is 19.1 Å². The first-order chi connectivity index (χ1) is 9.65. The minimum atomic E-state index is -0.268. The van der Waals surface area contributed by atoms with Crippen LogP contribution < -0.4 is 5.32 Å². The molecule has 0 saturated carbocycles. The molecule has 1 heterocycles. The summed E-state index contributed by atoms with van der Waals surface area (Å²) in [6.07, 6.45) is 0. The molecule has 0 bridgehead atoms. The first-order valence-electron chi connectivity index (χ1n) is 6.41. The average Bonchev–Trinajstić information content (AvgIpc) is 2.86. The van der Waals surface area contributed by atoms with E-state index in [4.69, 9.17) is 9.15 Å². The number of hydrogen-bond donors (Lipinski definition) is 1. The van der Waals surface area contributed by atoms with Crippen molar-refractivity contribution < 1.29 is 13.5 Å². The third-order valence-electron chi connectivity index (χ3n) is 2.94.